The number of esters is 1. The summed E-state index contributed by atoms with van der Waals surface area (Å²) in [7, 11) is 1.33. The van der Waals surface area contributed by atoms with Gasteiger partial charge in [-0.3, -0.25) is 4.79 Å². The summed E-state index contributed by atoms with van der Waals surface area (Å²) in [6, 6.07) is 10.6. The van der Waals surface area contributed by atoms with Crippen LogP contribution in [0.15, 0.2) is 48.8 Å². The third kappa shape index (κ3) is 4.46. The van der Waals surface area contributed by atoms with Crippen molar-refractivity contribution in [1.82, 2.24) is 24.9 Å². The molecule has 32 heavy (non-hydrogen) atoms. The van der Waals surface area contributed by atoms with E-state index in [0.29, 0.717) is 34.9 Å². The van der Waals surface area contributed by atoms with E-state index in [1.807, 2.05) is 30.0 Å². The zero-order valence-electron chi connectivity index (χ0n) is 18.3. The summed E-state index contributed by atoms with van der Waals surface area (Å²) in [5.74, 6) is -0.206. The van der Waals surface area contributed by atoms with E-state index in [2.05, 4.69) is 15.2 Å². The van der Waals surface area contributed by atoms with Crippen molar-refractivity contribution in [3.8, 4) is 11.6 Å². The average Bonchev–Trinajstić information content (AvgIpc) is 3.34. The minimum absolute atomic E-state index is 0.0529. The summed E-state index contributed by atoms with van der Waals surface area (Å²) in [5.41, 5.74) is 2.19. The molecule has 1 aliphatic rings. The van der Waals surface area contributed by atoms with Gasteiger partial charge < -0.3 is 14.4 Å². The molecule has 3 heterocycles. The zero-order chi connectivity index (χ0) is 22.7. The maximum atomic E-state index is 13.5. The van der Waals surface area contributed by atoms with Crippen LogP contribution in [-0.2, 0) is 4.74 Å². The van der Waals surface area contributed by atoms with Gasteiger partial charge >= 0.3 is 5.97 Å². The van der Waals surface area contributed by atoms with Crippen LogP contribution < -0.4 is 4.74 Å². The lowest BCUT2D eigenvalue weighted by Gasteiger charge is -2.38. The number of nitrogens with zero attached hydrogens (tertiary/aromatic N) is 5. The number of ether oxygens (including phenoxy) is 2. The molecule has 2 aromatic heterocycles. The molecule has 1 aliphatic heterocycles. The van der Waals surface area contributed by atoms with Crippen LogP contribution in [0.5, 0.6) is 5.88 Å². The van der Waals surface area contributed by atoms with Gasteiger partial charge in [0, 0.05) is 17.8 Å². The Bertz CT molecular complexity index is 1120. The molecule has 1 aromatic carbocycles. The predicted molar refractivity (Wildman–Crippen MR) is 116 cm³/mol. The Kier molecular flexibility index (Phi) is 6.16. The van der Waals surface area contributed by atoms with Crippen LogP contribution in [0.25, 0.3) is 5.69 Å². The zero-order valence-corrected chi connectivity index (χ0v) is 18.3. The van der Waals surface area contributed by atoms with Crippen LogP contribution >= 0.6 is 0 Å². The lowest BCUT2D eigenvalue weighted by molar-refractivity contribution is 0.0372. The van der Waals surface area contributed by atoms with Crippen molar-refractivity contribution in [3.05, 3.63) is 65.6 Å². The van der Waals surface area contributed by atoms with Crippen LogP contribution in [0.3, 0.4) is 0 Å². The van der Waals surface area contributed by atoms with Crippen molar-refractivity contribution in [2.24, 2.45) is 0 Å². The summed E-state index contributed by atoms with van der Waals surface area (Å²) in [6.45, 7) is 4.23. The summed E-state index contributed by atoms with van der Waals surface area (Å²) >= 11 is 0. The summed E-state index contributed by atoms with van der Waals surface area (Å²) in [4.78, 5) is 33.0. The molecule has 0 spiro atoms. The Morgan fingerprint density at radius 2 is 1.84 bits per heavy atom. The first-order valence-electron chi connectivity index (χ1n) is 10.5. The molecule has 166 valence electrons. The highest BCUT2D eigenvalue weighted by atomic mass is 16.5. The number of aryl methyl sites for hydroxylation is 1. The Balaban J connectivity index is 1.54. The van der Waals surface area contributed by atoms with Crippen molar-refractivity contribution in [3.63, 3.8) is 0 Å². The number of carbonyl (C=O) groups is 2. The molecule has 0 bridgehead atoms. The van der Waals surface area contributed by atoms with Gasteiger partial charge in [0.1, 0.15) is 6.10 Å². The molecule has 0 radical (unpaired) electrons. The van der Waals surface area contributed by atoms with E-state index in [1.54, 1.807) is 37.5 Å². The third-order valence-electron chi connectivity index (χ3n) is 5.51. The molecule has 4 rings (SSSR count). The smallest absolute Gasteiger partial charge is 0.338 e. The molecule has 0 saturated carbocycles. The minimum Gasteiger partial charge on any atom is -0.472 e. The van der Waals surface area contributed by atoms with Gasteiger partial charge in [-0.15, -0.1) is 0 Å². The van der Waals surface area contributed by atoms with Crippen molar-refractivity contribution < 1.29 is 19.1 Å². The molecule has 1 amide bonds. The third-order valence-corrected chi connectivity index (χ3v) is 5.51. The molecule has 1 fully saturated rings. The van der Waals surface area contributed by atoms with Crippen molar-refractivity contribution in [2.75, 3.05) is 13.7 Å². The van der Waals surface area contributed by atoms with E-state index in [1.165, 1.54) is 11.9 Å². The number of rotatable bonds is 5. The largest absolute Gasteiger partial charge is 0.472 e. The lowest BCUT2D eigenvalue weighted by atomic mass is 9.99. The Morgan fingerprint density at radius 3 is 2.59 bits per heavy atom. The summed E-state index contributed by atoms with van der Waals surface area (Å²) in [5, 5.41) is 8.33. The highest BCUT2D eigenvalue weighted by molar-refractivity contribution is 5.98. The van der Waals surface area contributed by atoms with Crippen LogP contribution in [0.1, 0.15) is 46.2 Å². The summed E-state index contributed by atoms with van der Waals surface area (Å²) in [6.07, 6.45) is 4.47. The van der Waals surface area contributed by atoms with E-state index in [9.17, 15) is 9.59 Å². The molecular formula is C23H25N5O4. The number of carbonyl (C=O) groups excluding carboxylic acids is 2. The van der Waals surface area contributed by atoms with Crippen molar-refractivity contribution in [1.29, 1.82) is 0 Å². The molecule has 9 heteroatoms. The number of amides is 1. The molecule has 9 nitrogen and oxygen atoms in total. The maximum absolute atomic E-state index is 13.5. The average molecular weight is 435 g/mol. The van der Waals surface area contributed by atoms with E-state index in [-0.39, 0.29) is 18.1 Å². The standard InChI is InChI=1S/C23H25N5O4/c1-15-12-17(23(30)31-3)13-21(26-15)32-18-9-8-16(2)27(14-18)22(29)19-6-4-5-7-20(19)28-24-10-11-25-28/h4-7,10-13,16,18H,8-9,14H2,1-3H3/t16-,18-/m1/s1. The molecule has 0 N–H and O–H groups in total. The lowest BCUT2D eigenvalue weighted by Crippen LogP contribution is -2.49. The number of pyridine rings is 1. The normalized spacial score (nSPS) is 18.3. The van der Waals surface area contributed by atoms with Crippen LogP contribution in [0, 0.1) is 6.92 Å². The predicted octanol–water partition coefficient (Wildman–Crippen LogP) is 2.83. The molecule has 0 unspecified atom stereocenters. The second kappa shape index (κ2) is 9.17. The van der Waals surface area contributed by atoms with Crippen molar-refractivity contribution in [2.45, 2.75) is 38.8 Å². The number of hydrogen-bond donors (Lipinski definition) is 0. The number of para-hydroxylation sites is 1. The van der Waals surface area contributed by atoms with Crippen LogP contribution in [0.4, 0.5) is 0 Å². The van der Waals surface area contributed by atoms with Gasteiger partial charge in [-0.2, -0.15) is 15.0 Å². The fraction of sp³-hybridized carbons (Fsp3) is 0.348. The first-order chi connectivity index (χ1) is 15.5. The summed E-state index contributed by atoms with van der Waals surface area (Å²) < 4.78 is 10.9. The van der Waals surface area contributed by atoms with Crippen LogP contribution in [0.2, 0.25) is 0 Å². The number of piperidine rings is 1. The SMILES string of the molecule is COC(=O)c1cc(C)nc(O[C@@H]2CC[C@@H](C)N(C(=O)c3ccccc3-n3nccn3)C2)c1. The maximum Gasteiger partial charge on any atom is 0.338 e. The molecular weight excluding hydrogens is 410 g/mol. The number of hydrogen-bond acceptors (Lipinski definition) is 7. The van der Waals surface area contributed by atoms with E-state index in [4.69, 9.17) is 9.47 Å². The van der Waals surface area contributed by atoms with E-state index in [0.717, 1.165) is 12.8 Å². The highest BCUT2D eigenvalue weighted by Crippen LogP contribution is 2.25. The number of benzene rings is 1. The molecule has 1 saturated heterocycles. The van der Waals surface area contributed by atoms with E-state index < -0.39 is 5.97 Å². The number of aromatic nitrogens is 4. The van der Waals surface area contributed by atoms with E-state index >= 15 is 0 Å². The number of methoxy groups -OCH3 is 1. The van der Waals surface area contributed by atoms with Gasteiger partial charge in [-0.25, -0.2) is 9.78 Å². The van der Waals surface area contributed by atoms with Gasteiger partial charge in [0.2, 0.25) is 5.88 Å². The topological polar surface area (TPSA) is 99.4 Å². The second-order valence-electron chi connectivity index (χ2n) is 7.79. The fourth-order valence-corrected chi connectivity index (χ4v) is 3.88. The molecule has 0 aliphatic carbocycles. The molecule has 3 aromatic rings. The molecule has 2 atom stereocenters. The van der Waals surface area contributed by atoms with Crippen LogP contribution in [-0.4, -0.2) is 62.6 Å². The Labute approximate surface area is 186 Å². The minimum atomic E-state index is -0.446. The fourth-order valence-electron chi connectivity index (χ4n) is 3.88. The van der Waals surface area contributed by atoms with Gasteiger partial charge in [0.25, 0.3) is 5.91 Å². The van der Waals surface area contributed by atoms with Crippen molar-refractivity contribution >= 4 is 11.9 Å². The quantitative estimate of drug-likeness (QED) is 0.568. The van der Waals surface area contributed by atoms with Gasteiger partial charge in [-0.05, 0) is 44.9 Å². The first kappa shape index (κ1) is 21.5. The van der Waals surface area contributed by atoms with Gasteiger partial charge in [-0.1, -0.05) is 12.1 Å². The highest BCUT2D eigenvalue weighted by Gasteiger charge is 2.32. The number of likely N-dealkylation sites (tertiary alicyclic amines) is 1. The Hall–Kier alpha value is -3.75. The Morgan fingerprint density at radius 1 is 1.09 bits per heavy atom. The van der Waals surface area contributed by atoms with Gasteiger partial charge in [0.15, 0.2) is 0 Å². The monoisotopic (exact) mass is 435 g/mol. The van der Waals surface area contributed by atoms with Gasteiger partial charge in [0.05, 0.1) is 42.9 Å². The second-order valence-corrected chi connectivity index (χ2v) is 7.79. The first-order valence-corrected chi connectivity index (χ1v) is 10.5.